The molecule has 1 heterocycles. The van der Waals surface area contributed by atoms with Gasteiger partial charge in [0.25, 0.3) is 0 Å². The van der Waals surface area contributed by atoms with Gasteiger partial charge < -0.3 is 26.6 Å². The number of rotatable bonds is 9. The fourth-order valence-electron chi connectivity index (χ4n) is 4.33. The van der Waals surface area contributed by atoms with Crippen LogP contribution in [-0.4, -0.2) is 51.1 Å². The van der Waals surface area contributed by atoms with E-state index in [0.717, 1.165) is 28.1 Å². The zero-order chi connectivity index (χ0) is 30.2. The Labute approximate surface area is 239 Å². The van der Waals surface area contributed by atoms with Crippen molar-refractivity contribution in [1.82, 2.24) is 9.88 Å². The summed E-state index contributed by atoms with van der Waals surface area (Å²) in [6.07, 6.45) is 2.74. The number of hydrogen-bond acceptors (Lipinski definition) is 7. The Hall–Kier alpha value is -3.34. The number of benzene rings is 2. The first-order valence-corrected chi connectivity index (χ1v) is 14.0. The van der Waals surface area contributed by atoms with Gasteiger partial charge in [-0.25, -0.2) is 14.2 Å². The molecule has 8 nitrogen and oxygen atoms in total. The van der Waals surface area contributed by atoms with Crippen LogP contribution in [-0.2, 0) is 27.8 Å². The lowest BCUT2D eigenvalue weighted by Gasteiger charge is -2.29. The number of nitrogens with zero attached hydrogens (tertiary/aromatic N) is 2. The van der Waals surface area contributed by atoms with Gasteiger partial charge in [0.2, 0.25) is 5.91 Å². The first-order chi connectivity index (χ1) is 18.6. The predicted octanol–water partition coefficient (Wildman–Crippen LogP) is 4.65. The van der Waals surface area contributed by atoms with Gasteiger partial charge >= 0.3 is 5.97 Å². The summed E-state index contributed by atoms with van der Waals surface area (Å²) in [4.78, 5) is 28.9. The lowest BCUT2D eigenvalue weighted by molar-refractivity contribution is -0.151. The van der Waals surface area contributed by atoms with Crippen LogP contribution in [0, 0.1) is 11.7 Å². The molecule has 0 radical (unpaired) electrons. The molecule has 3 atom stereocenters. The maximum Gasteiger partial charge on any atom is 0.326 e. The zero-order valence-corrected chi connectivity index (χ0v) is 24.8. The molecule has 3 aromatic rings. The van der Waals surface area contributed by atoms with Gasteiger partial charge in [0.05, 0.1) is 12.1 Å². The first kappa shape index (κ1) is 32.9. The highest BCUT2D eigenvalue weighted by molar-refractivity contribution is 7.09. The summed E-state index contributed by atoms with van der Waals surface area (Å²) in [5.74, 6) is -1.75. The number of phenols is 1. The standard InChI is InChI=1S/C15H21FN2O3.C15H20N2OS/c1-9(2)13(15(20)21)18(3)14(19)12(17)8-10-4-6-11(16)7-5-10;1-15(2,3)11-8-10(4-5-13(11)18)9-12(16)14-17-6-7-19-14/h4-7,9,12-13H,8,17H2,1-3H3,(H,20,21);4-8,12,18H,9,16H2,1-3H3. The summed E-state index contributed by atoms with van der Waals surface area (Å²) >= 11 is 1.58. The molecule has 10 heteroatoms. The molecule has 1 amide bonds. The van der Waals surface area contributed by atoms with Crippen LogP contribution in [0.4, 0.5) is 4.39 Å². The Balaban J connectivity index is 0.000000281. The molecule has 6 N–H and O–H groups in total. The number of halogens is 1. The van der Waals surface area contributed by atoms with Gasteiger partial charge in [-0.1, -0.05) is 58.9 Å². The Morgan fingerprint density at radius 3 is 2.15 bits per heavy atom. The summed E-state index contributed by atoms with van der Waals surface area (Å²) < 4.78 is 12.8. The number of likely N-dealkylation sites (N-methyl/N-ethyl adjacent to an activating group) is 1. The fraction of sp³-hybridized carbons (Fsp3) is 0.433. The third-order valence-corrected chi connectivity index (χ3v) is 7.34. The molecule has 0 fully saturated rings. The molecule has 0 bridgehead atoms. The van der Waals surface area contributed by atoms with Crippen LogP contribution >= 0.6 is 11.3 Å². The molecular formula is C30H41FN4O4S. The van der Waals surface area contributed by atoms with E-state index >= 15 is 0 Å². The van der Waals surface area contributed by atoms with Crippen LogP contribution in [0.2, 0.25) is 0 Å². The lowest BCUT2D eigenvalue weighted by atomic mass is 9.85. The van der Waals surface area contributed by atoms with E-state index in [1.165, 1.54) is 24.1 Å². The number of aromatic nitrogens is 1. The van der Waals surface area contributed by atoms with E-state index in [-0.39, 0.29) is 29.6 Å². The van der Waals surface area contributed by atoms with Crippen molar-refractivity contribution in [2.24, 2.45) is 17.4 Å². The van der Waals surface area contributed by atoms with Crippen LogP contribution in [0.3, 0.4) is 0 Å². The van der Waals surface area contributed by atoms with Gasteiger partial charge in [0.1, 0.15) is 22.6 Å². The molecule has 40 heavy (non-hydrogen) atoms. The monoisotopic (exact) mass is 572 g/mol. The first-order valence-electron chi connectivity index (χ1n) is 13.1. The second kappa shape index (κ2) is 14.3. The van der Waals surface area contributed by atoms with Crippen LogP contribution in [0.5, 0.6) is 5.75 Å². The molecule has 3 rings (SSSR count). The number of carbonyl (C=O) groups is 2. The lowest BCUT2D eigenvalue weighted by Crippen LogP contribution is -2.52. The highest BCUT2D eigenvalue weighted by Crippen LogP contribution is 2.32. The van der Waals surface area contributed by atoms with Crippen molar-refractivity contribution in [3.05, 3.63) is 81.6 Å². The molecule has 0 saturated heterocycles. The number of hydrogen-bond donors (Lipinski definition) is 4. The third-order valence-electron chi connectivity index (χ3n) is 6.43. The van der Waals surface area contributed by atoms with Gasteiger partial charge in [-0.3, -0.25) is 4.79 Å². The fourth-order valence-corrected chi connectivity index (χ4v) is 4.97. The van der Waals surface area contributed by atoms with Gasteiger partial charge in [0, 0.05) is 18.6 Å². The molecule has 0 aliphatic rings. The van der Waals surface area contributed by atoms with E-state index in [1.807, 2.05) is 17.5 Å². The number of aromatic hydroxyl groups is 1. The number of phenolic OH excluding ortho intramolecular Hbond substituents is 1. The van der Waals surface area contributed by atoms with Crippen molar-refractivity contribution >= 4 is 23.2 Å². The number of nitrogens with two attached hydrogens (primary N) is 2. The Morgan fingerprint density at radius 1 is 1.05 bits per heavy atom. The van der Waals surface area contributed by atoms with E-state index in [4.69, 9.17) is 11.5 Å². The van der Waals surface area contributed by atoms with Crippen molar-refractivity contribution < 1.29 is 24.2 Å². The summed E-state index contributed by atoms with van der Waals surface area (Å²) in [5.41, 5.74) is 14.7. The van der Waals surface area contributed by atoms with Crippen molar-refractivity contribution in [1.29, 1.82) is 0 Å². The van der Waals surface area contributed by atoms with Crippen LogP contribution in [0.25, 0.3) is 0 Å². The smallest absolute Gasteiger partial charge is 0.326 e. The number of carbonyl (C=O) groups excluding carboxylic acids is 1. The second-order valence-electron chi connectivity index (χ2n) is 11.2. The molecule has 0 saturated carbocycles. The van der Waals surface area contributed by atoms with E-state index in [1.54, 1.807) is 49.6 Å². The molecule has 0 aliphatic heterocycles. The molecular weight excluding hydrogens is 531 g/mol. The number of carboxylic acid groups (broad SMARTS) is 1. The van der Waals surface area contributed by atoms with Crippen LogP contribution in [0.15, 0.2) is 54.0 Å². The maximum atomic E-state index is 12.8. The van der Waals surface area contributed by atoms with Crippen molar-refractivity contribution in [2.45, 2.75) is 71.0 Å². The van der Waals surface area contributed by atoms with E-state index in [2.05, 4.69) is 25.8 Å². The minimum Gasteiger partial charge on any atom is -0.508 e. The summed E-state index contributed by atoms with van der Waals surface area (Å²) in [5, 5.41) is 22.0. The highest BCUT2D eigenvalue weighted by Gasteiger charge is 2.31. The second-order valence-corrected chi connectivity index (χ2v) is 12.1. The van der Waals surface area contributed by atoms with Crippen LogP contribution in [0.1, 0.15) is 62.4 Å². The number of thiazole rings is 1. The Kier molecular flexibility index (Phi) is 11.8. The van der Waals surface area contributed by atoms with E-state index < -0.39 is 24.0 Å². The summed E-state index contributed by atoms with van der Waals surface area (Å²) in [6.45, 7) is 9.73. The maximum absolute atomic E-state index is 12.8. The number of aliphatic carboxylic acids is 1. The average Bonchev–Trinajstić information content (AvgIpc) is 3.40. The zero-order valence-electron chi connectivity index (χ0n) is 24.0. The Bertz CT molecular complexity index is 1240. The highest BCUT2D eigenvalue weighted by atomic mass is 32.1. The van der Waals surface area contributed by atoms with E-state index in [9.17, 15) is 24.2 Å². The minimum atomic E-state index is -1.06. The van der Waals surface area contributed by atoms with Gasteiger partial charge in [-0.2, -0.15) is 0 Å². The van der Waals surface area contributed by atoms with Crippen LogP contribution < -0.4 is 11.5 Å². The van der Waals surface area contributed by atoms with Crippen molar-refractivity contribution in [3.63, 3.8) is 0 Å². The van der Waals surface area contributed by atoms with Gasteiger partial charge in [0.15, 0.2) is 0 Å². The normalized spacial score (nSPS) is 13.7. The SMILES string of the molecule is CC(C)(C)c1cc(CC(N)c2nccs2)ccc1O.CC(C)C(C(=O)O)N(C)C(=O)C(N)Cc1ccc(F)cc1. The predicted molar refractivity (Wildman–Crippen MR) is 157 cm³/mol. The molecule has 0 spiro atoms. The molecule has 3 unspecified atom stereocenters. The number of amides is 1. The quantitative estimate of drug-likeness (QED) is 0.292. The summed E-state index contributed by atoms with van der Waals surface area (Å²) in [6, 6.07) is 9.56. The average molecular weight is 573 g/mol. The third kappa shape index (κ3) is 9.39. The molecule has 218 valence electrons. The van der Waals surface area contributed by atoms with Crippen molar-refractivity contribution in [3.8, 4) is 5.75 Å². The largest absolute Gasteiger partial charge is 0.508 e. The topological polar surface area (TPSA) is 143 Å². The molecule has 0 aliphatic carbocycles. The van der Waals surface area contributed by atoms with E-state index in [0.29, 0.717) is 5.75 Å². The van der Waals surface area contributed by atoms with Gasteiger partial charge in [-0.15, -0.1) is 11.3 Å². The minimum absolute atomic E-state index is 0.0780. The van der Waals surface area contributed by atoms with Gasteiger partial charge in [-0.05, 0) is 59.1 Å². The summed E-state index contributed by atoms with van der Waals surface area (Å²) in [7, 11) is 1.44. The Morgan fingerprint density at radius 2 is 1.65 bits per heavy atom. The molecule has 1 aromatic heterocycles. The molecule has 2 aromatic carbocycles. The number of carboxylic acids is 1. The van der Waals surface area contributed by atoms with Crippen molar-refractivity contribution in [2.75, 3.05) is 7.05 Å².